The number of nitrogens with zero attached hydrogens (tertiary/aromatic N) is 2. The summed E-state index contributed by atoms with van der Waals surface area (Å²) in [6.45, 7) is 9.09. The number of aromatic carboxylic acids is 1. The molecule has 3 heterocycles. The predicted molar refractivity (Wildman–Crippen MR) is 86.9 cm³/mol. The van der Waals surface area contributed by atoms with Crippen LogP contribution in [0.3, 0.4) is 0 Å². The number of carboxylic acids is 1. The van der Waals surface area contributed by atoms with Crippen LogP contribution in [0.15, 0.2) is 30.2 Å². The standard InChI is InChI=1S/C16H18N2O3S/c1-3-11-13(4-2)22-9-12-14(16(19)20)17-18(15(11)12)10-5-7-21-8-6-10/h3-4,10H,1-2,5-9H2,(H,19,20). The van der Waals surface area contributed by atoms with Gasteiger partial charge in [0.15, 0.2) is 5.69 Å². The Kier molecular flexibility index (Phi) is 4.22. The van der Waals surface area contributed by atoms with Crippen molar-refractivity contribution in [2.45, 2.75) is 24.6 Å². The Morgan fingerprint density at radius 2 is 2.09 bits per heavy atom. The van der Waals surface area contributed by atoms with E-state index in [1.807, 2.05) is 4.68 Å². The van der Waals surface area contributed by atoms with E-state index in [9.17, 15) is 9.90 Å². The molecular weight excluding hydrogens is 300 g/mol. The van der Waals surface area contributed by atoms with E-state index in [1.54, 1.807) is 23.9 Å². The van der Waals surface area contributed by atoms with Crippen molar-refractivity contribution in [1.82, 2.24) is 9.78 Å². The minimum absolute atomic E-state index is 0.149. The third kappa shape index (κ3) is 2.42. The number of aromatic nitrogens is 2. The maximum absolute atomic E-state index is 11.5. The van der Waals surface area contributed by atoms with Crippen LogP contribution in [-0.4, -0.2) is 34.1 Å². The molecule has 0 radical (unpaired) electrons. The van der Waals surface area contributed by atoms with E-state index in [4.69, 9.17) is 4.74 Å². The van der Waals surface area contributed by atoms with Crippen LogP contribution in [0.4, 0.5) is 0 Å². The van der Waals surface area contributed by atoms with Gasteiger partial charge in [0.25, 0.3) is 0 Å². The van der Waals surface area contributed by atoms with Crippen LogP contribution in [-0.2, 0) is 10.5 Å². The first kappa shape index (κ1) is 15.1. The molecule has 1 saturated heterocycles. The van der Waals surface area contributed by atoms with E-state index in [0.29, 0.717) is 19.0 Å². The number of allylic oxidation sites excluding steroid dienone is 3. The summed E-state index contributed by atoms with van der Waals surface area (Å²) >= 11 is 1.58. The van der Waals surface area contributed by atoms with Gasteiger partial charge in [-0.25, -0.2) is 4.79 Å². The lowest BCUT2D eigenvalue weighted by Gasteiger charge is -2.26. The summed E-state index contributed by atoms with van der Waals surface area (Å²) in [6, 6.07) is 0.166. The lowest BCUT2D eigenvalue weighted by Crippen LogP contribution is -2.22. The van der Waals surface area contributed by atoms with Gasteiger partial charge in [-0.15, -0.1) is 11.8 Å². The highest BCUT2D eigenvalue weighted by Gasteiger charge is 2.31. The first-order chi connectivity index (χ1) is 10.7. The van der Waals surface area contributed by atoms with Crippen molar-refractivity contribution in [2.24, 2.45) is 0 Å². The monoisotopic (exact) mass is 318 g/mol. The van der Waals surface area contributed by atoms with Gasteiger partial charge in [0.2, 0.25) is 0 Å². The quantitative estimate of drug-likeness (QED) is 0.923. The summed E-state index contributed by atoms with van der Waals surface area (Å²) in [5.74, 6) is -0.382. The molecule has 0 unspecified atom stereocenters. The fraction of sp³-hybridized carbons (Fsp3) is 0.375. The van der Waals surface area contributed by atoms with Crippen LogP contribution < -0.4 is 0 Å². The average molecular weight is 318 g/mol. The topological polar surface area (TPSA) is 64.3 Å². The Morgan fingerprint density at radius 1 is 1.36 bits per heavy atom. The summed E-state index contributed by atoms with van der Waals surface area (Å²) in [7, 11) is 0. The molecule has 0 amide bonds. The molecule has 5 nitrogen and oxygen atoms in total. The smallest absolute Gasteiger partial charge is 0.356 e. The van der Waals surface area contributed by atoms with Crippen LogP contribution >= 0.6 is 11.8 Å². The highest BCUT2D eigenvalue weighted by Crippen LogP contribution is 2.42. The van der Waals surface area contributed by atoms with Crippen molar-refractivity contribution in [3.63, 3.8) is 0 Å². The Morgan fingerprint density at radius 3 is 2.68 bits per heavy atom. The minimum atomic E-state index is -0.979. The lowest BCUT2D eigenvalue weighted by molar-refractivity contribution is 0.0643. The number of carbonyl (C=O) groups is 1. The molecule has 116 valence electrons. The normalized spacial score (nSPS) is 18.9. The predicted octanol–water partition coefficient (Wildman–Crippen LogP) is 3.26. The largest absolute Gasteiger partial charge is 0.476 e. The minimum Gasteiger partial charge on any atom is -0.476 e. The van der Waals surface area contributed by atoms with Crippen molar-refractivity contribution >= 4 is 23.3 Å². The number of rotatable bonds is 4. The summed E-state index contributed by atoms with van der Waals surface area (Å²) in [4.78, 5) is 12.6. The van der Waals surface area contributed by atoms with Gasteiger partial charge < -0.3 is 9.84 Å². The third-order valence-corrected chi connectivity index (χ3v) is 5.16. The second kappa shape index (κ2) is 6.14. The van der Waals surface area contributed by atoms with Crippen molar-refractivity contribution < 1.29 is 14.6 Å². The number of carboxylic acid groups (broad SMARTS) is 1. The van der Waals surface area contributed by atoms with Gasteiger partial charge in [0, 0.05) is 35.0 Å². The molecule has 3 rings (SSSR count). The molecule has 2 aliphatic heterocycles. The van der Waals surface area contributed by atoms with E-state index in [1.165, 1.54) is 0 Å². The summed E-state index contributed by atoms with van der Waals surface area (Å²) in [5.41, 5.74) is 2.74. The Labute approximate surface area is 133 Å². The molecule has 1 N–H and O–H groups in total. The number of fused-ring (bicyclic) bond motifs is 1. The second-order valence-electron chi connectivity index (χ2n) is 5.24. The Hall–Kier alpha value is -1.79. The van der Waals surface area contributed by atoms with Gasteiger partial charge in [0.1, 0.15) is 0 Å². The molecule has 2 aliphatic rings. The summed E-state index contributed by atoms with van der Waals surface area (Å²) < 4.78 is 7.28. The van der Waals surface area contributed by atoms with Gasteiger partial charge in [-0.3, -0.25) is 4.68 Å². The maximum Gasteiger partial charge on any atom is 0.356 e. The average Bonchev–Trinajstić information content (AvgIpc) is 2.94. The van der Waals surface area contributed by atoms with Crippen molar-refractivity contribution in [3.8, 4) is 0 Å². The number of hydrogen-bond acceptors (Lipinski definition) is 4. The van der Waals surface area contributed by atoms with Gasteiger partial charge in [-0.05, 0) is 12.8 Å². The van der Waals surface area contributed by atoms with Gasteiger partial charge in [-0.1, -0.05) is 25.3 Å². The van der Waals surface area contributed by atoms with Crippen molar-refractivity contribution in [2.75, 3.05) is 13.2 Å². The molecule has 6 heteroatoms. The van der Waals surface area contributed by atoms with E-state index in [-0.39, 0.29) is 11.7 Å². The fourth-order valence-electron chi connectivity index (χ4n) is 2.97. The molecular formula is C16H18N2O3S. The van der Waals surface area contributed by atoms with Crippen LogP contribution in [0.1, 0.15) is 40.6 Å². The zero-order valence-electron chi connectivity index (χ0n) is 12.2. The molecule has 22 heavy (non-hydrogen) atoms. The van der Waals surface area contributed by atoms with E-state index < -0.39 is 5.97 Å². The van der Waals surface area contributed by atoms with Crippen LogP contribution in [0.2, 0.25) is 0 Å². The van der Waals surface area contributed by atoms with E-state index in [0.717, 1.165) is 34.6 Å². The molecule has 0 bridgehead atoms. The molecule has 0 aliphatic carbocycles. The first-order valence-corrected chi connectivity index (χ1v) is 8.20. The summed E-state index contributed by atoms with van der Waals surface area (Å²) in [5, 5.41) is 13.9. The molecule has 1 aromatic heterocycles. The van der Waals surface area contributed by atoms with Crippen molar-refractivity contribution in [3.05, 3.63) is 47.2 Å². The number of ether oxygens (including phenoxy) is 1. The number of hydrogen-bond donors (Lipinski definition) is 1. The SMILES string of the molecule is C=CC1=C(C=C)c2c(c(C(=O)O)nn2C2CCOCC2)CS1. The molecule has 1 fully saturated rings. The highest BCUT2D eigenvalue weighted by molar-refractivity contribution is 8.02. The fourth-order valence-corrected chi connectivity index (χ4v) is 3.99. The highest BCUT2D eigenvalue weighted by atomic mass is 32.2. The van der Waals surface area contributed by atoms with E-state index >= 15 is 0 Å². The van der Waals surface area contributed by atoms with Crippen LogP contribution in [0.25, 0.3) is 5.57 Å². The van der Waals surface area contributed by atoms with E-state index in [2.05, 4.69) is 18.3 Å². The van der Waals surface area contributed by atoms with Gasteiger partial charge >= 0.3 is 5.97 Å². The Balaban J connectivity index is 2.19. The van der Waals surface area contributed by atoms with Crippen LogP contribution in [0, 0.1) is 0 Å². The zero-order chi connectivity index (χ0) is 15.7. The van der Waals surface area contributed by atoms with Crippen LogP contribution in [0.5, 0.6) is 0 Å². The zero-order valence-corrected chi connectivity index (χ0v) is 13.1. The molecule has 0 aromatic carbocycles. The second-order valence-corrected chi connectivity index (χ2v) is 6.26. The van der Waals surface area contributed by atoms with Gasteiger partial charge in [0.05, 0.1) is 11.7 Å². The van der Waals surface area contributed by atoms with Gasteiger partial charge in [-0.2, -0.15) is 5.10 Å². The third-order valence-electron chi connectivity index (χ3n) is 4.03. The maximum atomic E-state index is 11.5. The molecule has 1 aromatic rings. The molecule has 0 spiro atoms. The lowest BCUT2D eigenvalue weighted by atomic mass is 10.0. The summed E-state index contributed by atoms with van der Waals surface area (Å²) in [6.07, 6.45) is 5.25. The Bertz CT molecular complexity index is 669. The molecule has 0 saturated carbocycles. The molecule has 0 atom stereocenters. The van der Waals surface area contributed by atoms with Crippen molar-refractivity contribution in [1.29, 1.82) is 0 Å². The number of thioether (sulfide) groups is 1. The first-order valence-electron chi connectivity index (χ1n) is 7.22.